The Bertz CT molecular complexity index is 688. The molecule has 0 fully saturated rings. The summed E-state index contributed by atoms with van der Waals surface area (Å²) < 4.78 is 0.981. The van der Waals surface area contributed by atoms with Gasteiger partial charge in [0.15, 0.2) is 5.96 Å². The van der Waals surface area contributed by atoms with Crippen molar-refractivity contribution < 1.29 is 0 Å². The number of rotatable bonds is 5. The minimum Gasteiger partial charge on any atom is -0.326 e. The van der Waals surface area contributed by atoms with E-state index in [1.165, 1.54) is 10.5 Å². The first-order valence-corrected chi connectivity index (χ1v) is 9.43. The lowest BCUT2D eigenvalue weighted by Gasteiger charge is -2.23. The monoisotopic (exact) mass is 391 g/mol. The first-order chi connectivity index (χ1) is 11.0. The second-order valence-corrected chi connectivity index (χ2v) is 7.32. The van der Waals surface area contributed by atoms with Crippen LogP contribution in [0.25, 0.3) is 0 Å². The lowest BCUT2D eigenvalue weighted by molar-refractivity contribution is 1.14. The van der Waals surface area contributed by atoms with Crippen LogP contribution >= 0.6 is 27.7 Å². The van der Waals surface area contributed by atoms with Crippen LogP contribution in [-0.2, 0) is 6.42 Å². The molecule has 2 N–H and O–H groups in total. The first-order valence-electron chi connectivity index (χ1n) is 7.65. The molecule has 0 aliphatic heterocycles. The quantitative estimate of drug-likeness (QED) is 0.395. The van der Waals surface area contributed by atoms with E-state index in [0.29, 0.717) is 5.96 Å². The number of nitrogens with zero attached hydrogens (tertiary/aromatic N) is 1. The molecule has 2 aromatic rings. The number of guanidine groups is 1. The van der Waals surface area contributed by atoms with Crippen molar-refractivity contribution in [1.82, 2.24) is 0 Å². The molecule has 0 bridgehead atoms. The smallest absolute Gasteiger partial charge is 0.199 e. The Kier molecular flexibility index (Phi) is 6.54. The summed E-state index contributed by atoms with van der Waals surface area (Å²) in [5.41, 5.74) is 3.18. The molecule has 23 heavy (non-hydrogen) atoms. The highest BCUT2D eigenvalue weighted by Crippen LogP contribution is 2.31. The maximum Gasteiger partial charge on any atom is 0.199 e. The number of hydrogen-bond donors (Lipinski definition) is 2. The Morgan fingerprint density at radius 3 is 2.70 bits per heavy atom. The molecule has 3 nitrogen and oxygen atoms in total. The van der Waals surface area contributed by atoms with Crippen molar-refractivity contribution in [2.75, 3.05) is 23.0 Å². The molecule has 2 rings (SSSR count). The second-order valence-electron chi connectivity index (χ2n) is 5.13. The lowest BCUT2D eigenvalue weighted by atomic mass is 10.1. The van der Waals surface area contributed by atoms with Gasteiger partial charge in [-0.05, 0) is 64.0 Å². The van der Waals surface area contributed by atoms with Gasteiger partial charge in [0.25, 0.3) is 0 Å². The van der Waals surface area contributed by atoms with Crippen molar-refractivity contribution >= 4 is 45.0 Å². The highest BCUT2D eigenvalue weighted by atomic mass is 79.9. The van der Waals surface area contributed by atoms with E-state index in [-0.39, 0.29) is 0 Å². The standard InChI is InChI=1S/C18H22BrN3S/c1-4-13-7-6-8-14(11-13)21-18(20)22(3)17-12-15(23-5-2)9-10-16(17)19/h6-12H,4-5H2,1-3H3,(H2,20,21). The van der Waals surface area contributed by atoms with E-state index >= 15 is 0 Å². The van der Waals surface area contributed by atoms with Gasteiger partial charge < -0.3 is 10.2 Å². The van der Waals surface area contributed by atoms with E-state index in [1.807, 2.05) is 30.1 Å². The van der Waals surface area contributed by atoms with Crippen molar-refractivity contribution in [2.24, 2.45) is 0 Å². The molecule has 0 aromatic heterocycles. The molecule has 0 spiro atoms. The zero-order valence-electron chi connectivity index (χ0n) is 13.7. The van der Waals surface area contributed by atoms with Gasteiger partial charge in [-0.1, -0.05) is 26.0 Å². The minimum atomic E-state index is 0.345. The minimum absolute atomic E-state index is 0.345. The Hall–Kier alpha value is -1.46. The highest BCUT2D eigenvalue weighted by molar-refractivity contribution is 9.10. The van der Waals surface area contributed by atoms with Crippen LogP contribution in [0, 0.1) is 5.41 Å². The molecule has 0 heterocycles. The summed E-state index contributed by atoms with van der Waals surface area (Å²) in [6.07, 6.45) is 0.987. The molecule has 0 saturated carbocycles. The summed E-state index contributed by atoms with van der Waals surface area (Å²) in [4.78, 5) is 3.06. The van der Waals surface area contributed by atoms with E-state index < -0.39 is 0 Å². The van der Waals surface area contributed by atoms with E-state index in [1.54, 1.807) is 11.8 Å². The molecule has 0 unspecified atom stereocenters. The number of nitrogens with one attached hydrogen (secondary N) is 2. The molecule has 0 aliphatic carbocycles. The van der Waals surface area contributed by atoms with Crippen molar-refractivity contribution in [3.8, 4) is 0 Å². The number of halogens is 1. The Morgan fingerprint density at radius 1 is 1.22 bits per heavy atom. The van der Waals surface area contributed by atoms with Gasteiger partial charge in [-0.15, -0.1) is 11.8 Å². The van der Waals surface area contributed by atoms with E-state index in [4.69, 9.17) is 5.41 Å². The number of hydrogen-bond acceptors (Lipinski definition) is 2. The van der Waals surface area contributed by atoms with Gasteiger partial charge >= 0.3 is 0 Å². The summed E-state index contributed by atoms with van der Waals surface area (Å²) >= 11 is 5.38. The Morgan fingerprint density at radius 2 is 2.00 bits per heavy atom. The van der Waals surface area contributed by atoms with Gasteiger partial charge in [0.05, 0.1) is 5.69 Å². The fraction of sp³-hybridized carbons (Fsp3) is 0.278. The van der Waals surface area contributed by atoms with Crippen molar-refractivity contribution in [3.05, 3.63) is 52.5 Å². The van der Waals surface area contributed by atoms with Crippen molar-refractivity contribution in [1.29, 1.82) is 5.41 Å². The molecule has 0 radical (unpaired) electrons. The van der Waals surface area contributed by atoms with Crippen LogP contribution < -0.4 is 10.2 Å². The van der Waals surface area contributed by atoms with Gasteiger partial charge in [-0.2, -0.15) is 0 Å². The van der Waals surface area contributed by atoms with Gasteiger partial charge in [0.2, 0.25) is 0 Å². The number of benzene rings is 2. The van der Waals surface area contributed by atoms with E-state index in [2.05, 4.69) is 59.4 Å². The van der Waals surface area contributed by atoms with Gasteiger partial charge in [0, 0.05) is 22.1 Å². The van der Waals surface area contributed by atoms with Crippen LogP contribution in [0.4, 0.5) is 11.4 Å². The molecule has 122 valence electrons. The van der Waals surface area contributed by atoms with Crippen LogP contribution in [0.1, 0.15) is 19.4 Å². The maximum atomic E-state index is 8.35. The van der Waals surface area contributed by atoms with Gasteiger partial charge in [-0.3, -0.25) is 5.41 Å². The molecule has 2 aromatic carbocycles. The van der Waals surface area contributed by atoms with Crippen LogP contribution in [0.15, 0.2) is 51.8 Å². The highest BCUT2D eigenvalue weighted by Gasteiger charge is 2.12. The van der Waals surface area contributed by atoms with Crippen LogP contribution in [0.5, 0.6) is 0 Å². The average Bonchev–Trinajstić information content (AvgIpc) is 2.56. The summed E-state index contributed by atoms with van der Waals surface area (Å²) in [7, 11) is 1.90. The SMILES string of the molecule is CCSc1ccc(Br)c(N(C)C(=N)Nc2cccc(CC)c2)c1. The number of thioether (sulfide) groups is 1. The lowest BCUT2D eigenvalue weighted by Crippen LogP contribution is -2.32. The molecular weight excluding hydrogens is 370 g/mol. The summed E-state index contributed by atoms with van der Waals surface area (Å²) in [5, 5.41) is 11.5. The number of anilines is 2. The third-order valence-corrected chi connectivity index (χ3v) is 5.07. The van der Waals surface area contributed by atoms with Gasteiger partial charge in [-0.25, -0.2) is 0 Å². The third-order valence-electron chi connectivity index (χ3n) is 3.52. The topological polar surface area (TPSA) is 39.1 Å². The zero-order chi connectivity index (χ0) is 16.8. The fourth-order valence-electron chi connectivity index (χ4n) is 2.22. The number of aryl methyl sites for hydroxylation is 1. The normalized spacial score (nSPS) is 10.4. The first kappa shape index (κ1) is 17.9. The van der Waals surface area contributed by atoms with E-state index in [0.717, 1.165) is 28.0 Å². The van der Waals surface area contributed by atoms with Crippen LogP contribution in [0.3, 0.4) is 0 Å². The third kappa shape index (κ3) is 4.75. The van der Waals surface area contributed by atoms with Gasteiger partial charge in [0.1, 0.15) is 0 Å². The van der Waals surface area contributed by atoms with Crippen LogP contribution in [-0.4, -0.2) is 18.8 Å². The second kappa shape index (κ2) is 8.41. The van der Waals surface area contributed by atoms with Crippen LogP contribution in [0.2, 0.25) is 0 Å². The summed E-state index contributed by atoms with van der Waals surface area (Å²) in [6.45, 7) is 4.27. The molecule has 0 atom stereocenters. The predicted molar refractivity (Wildman–Crippen MR) is 106 cm³/mol. The predicted octanol–water partition coefficient (Wildman–Crippen LogP) is 5.61. The molecule has 5 heteroatoms. The zero-order valence-corrected chi connectivity index (χ0v) is 16.1. The summed E-state index contributed by atoms with van der Waals surface area (Å²) in [6, 6.07) is 14.4. The average molecular weight is 392 g/mol. The van der Waals surface area contributed by atoms with Crippen molar-refractivity contribution in [3.63, 3.8) is 0 Å². The fourth-order valence-corrected chi connectivity index (χ4v) is 3.42. The Balaban J connectivity index is 2.17. The largest absolute Gasteiger partial charge is 0.326 e. The van der Waals surface area contributed by atoms with E-state index in [9.17, 15) is 0 Å². The summed E-state index contributed by atoms with van der Waals surface area (Å²) in [5.74, 6) is 1.38. The molecule has 0 saturated heterocycles. The Labute approximate surface area is 151 Å². The molecule has 0 aliphatic rings. The van der Waals surface area contributed by atoms with Crippen molar-refractivity contribution in [2.45, 2.75) is 25.2 Å². The molecule has 0 amide bonds. The maximum absolute atomic E-state index is 8.35. The molecular formula is C18H22BrN3S.